The average Bonchev–Trinajstić information content (AvgIpc) is 3.49. The molecule has 1 saturated heterocycles. The standard InChI is InChI=1S/C18H27FN2O2.C6H5F.C6H13NO2.C6H12/c1-4-9-21(16-7-10-20(3)11-8-16)18(22)23-13-15-5-6-17(19)14(2)12-15;7-6-4-2-1-3-5-6;1-4(2)5(7-3)6(8)9;1-6-4-2-3-5-6/h5-6,12,16H,4,7-11,13H2,1-3H3;1-5H;4-5,7H,1-3H3,(H,8,9);6H,2-5H2,1H3. The van der Waals surface area contributed by atoms with Crippen LogP contribution in [0.3, 0.4) is 0 Å². The number of carbonyl (C=O) groups is 2. The third-order valence-corrected chi connectivity index (χ3v) is 8.03. The van der Waals surface area contributed by atoms with Crippen molar-refractivity contribution in [2.75, 3.05) is 33.7 Å². The van der Waals surface area contributed by atoms with Crippen molar-refractivity contribution >= 4 is 12.1 Å². The molecule has 2 aromatic carbocycles. The summed E-state index contributed by atoms with van der Waals surface area (Å²) in [6, 6.07) is 12.6. The number of hydrogen-bond acceptors (Lipinski definition) is 5. The number of rotatable bonds is 8. The lowest BCUT2D eigenvalue weighted by atomic mass is 10.0. The number of aryl methyl sites for hydroxylation is 1. The number of likely N-dealkylation sites (tertiary alicyclic amines) is 1. The van der Waals surface area contributed by atoms with Gasteiger partial charge in [0.05, 0.1) is 0 Å². The molecule has 0 bridgehead atoms. The first-order chi connectivity index (χ1) is 21.4. The molecule has 0 aromatic heterocycles. The van der Waals surface area contributed by atoms with Gasteiger partial charge in [-0.15, -0.1) is 0 Å². The molecule has 9 heteroatoms. The summed E-state index contributed by atoms with van der Waals surface area (Å²) in [6.45, 7) is 12.8. The summed E-state index contributed by atoms with van der Waals surface area (Å²) in [5.41, 5.74) is 1.39. The summed E-state index contributed by atoms with van der Waals surface area (Å²) >= 11 is 0. The normalized spacial score (nSPS) is 15.9. The number of amides is 1. The lowest BCUT2D eigenvalue weighted by Gasteiger charge is -2.36. The van der Waals surface area contributed by atoms with E-state index in [0.717, 1.165) is 50.4 Å². The van der Waals surface area contributed by atoms with E-state index in [1.807, 2.05) is 18.7 Å². The van der Waals surface area contributed by atoms with Gasteiger partial charge in [-0.25, -0.2) is 13.6 Å². The number of carboxylic acids is 1. The monoisotopic (exact) mass is 633 g/mol. The van der Waals surface area contributed by atoms with Crippen LogP contribution in [0, 0.1) is 30.4 Å². The third kappa shape index (κ3) is 16.7. The summed E-state index contributed by atoms with van der Waals surface area (Å²) in [7, 11) is 3.76. The van der Waals surface area contributed by atoms with Gasteiger partial charge in [0.1, 0.15) is 24.3 Å². The van der Waals surface area contributed by atoms with E-state index < -0.39 is 12.0 Å². The fourth-order valence-electron chi connectivity index (χ4n) is 5.28. The number of piperidine rings is 1. The Kier molecular flexibility index (Phi) is 20.0. The van der Waals surface area contributed by atoms with Crippen LogP contribution < -0.4 is 5.32 Å². The molecule has 1 atom stereocenters. The van der Waals surface area contributed by atoms with E-state index in [1.54, 1.807) is 44.3 Å². The minimum absolute atomic E-state index is 0.146. The van der Waals surface area contributed by atoms with Crippen LogP contribution in [0.25, 0.3) is 0 Å². The van der Waals surface area contributed by atoms with E-state index in [1.165, 1.54) is 43.9 Å². The molecule has 45 heavy (non-hydrogen) atoms. The van der Waals surface area contributed by atoms with Crippen molar-refractivity contribution in [3.63, 3.8) is 0 Å². The highest BCUT2D eigenvalue weighted by Gasteiger charge is 2.27. The van der Waals surface area contributed by atoms with Crippen molar-refractivity contribution in [1.29, 1.82) is 0 Å². The highest BCUT2D eigenvalue weighted by Crippen LogP contribution is 2.23. The zero-order chi connectivity index (χ0) is 33.8. The zero-order valence-corrected chi connectivity index (χ0v) is 28.5. The average molecular weight is 634 g/mol. The van der Waals surface area contributed by atoms with Gasteiger partial charge in [0.25, 0.3) is 0 Å². The van der Waals surface area contributed by atoms with E-state index in [2.05, 4.69) is 31.1 Å². The molecule has 2 aromatic rings. The number of carboxylic acid groups (broad SMARTS) is 1. The van der Waals surface area contributed by atoms with Crippen molar-refractivity contribution in [2.24, 2.45) is 11.8 Å². The molecule has 4 rings (SSSR count). The highest BCUT2D eigenvalue weighted by atomic mass is 19.1. The predicted octanol–water partition coefficient (Wildman–Crippen LogP) is 7.91. The maximum atomic E-state index is 13.3. The molecule has 2 fully saturated rings. The fraction of sp³-hybridized carbons (Fsp3) is 0.611. The molecule has 1 aliphatic carbocycles. The van der Waals surface area contributed by atoms with Crippen LogP contribution in [0.15, 0.2) is 48.5 Å². The van der Waals surface area contributed by atoms with Crippen molar-refractivity contribution in [2.45, 2.75) is 98.3 Å². The van der Waals surface area contributed by atoms with E-state index in [4.69, 9.17) is 9.84 Å². The van der Waals surface area contributed by atoms with Gasteiger partial charge in [-0.2, -0.15) is 0 Å². The summed E-state index contributed by atoms with van der Waals surface area (Å²) in [4.78, 5) is 26.9. The molecular weight excluding hydrogens is 576 g/mol. The fourth-order valence-corrected chi connectivity index (χ4v) is 5.28. The molecule has 7 nitrogen and oxygen atoms in total. The summed E-state index contributed by atoms with van der Waals surface area (Å²) in [5, 5.41) is 11.2. The molecule has 1 heterocycles. The smallest absolute Gasteiger partial charge is 0.410 e. The quantitative estimate of drug-likeness (QED) is 0.308. The molecule has 1 amide bonds. The van der Waals surface area contributed by atoms with Crippen LogP contribution >= 0.6 is 0 Å². The Bertz CT molecular complexity index is 1090. The second-order valence-electron chi connectivity index (χ2n) is 12.4. The Morgan fingerprint density at radius 1 is 1.04 bits per heavy atom. The zero-order valence-electron chi connectivity index (χ0n) is 28.5. The number of aliphatic carboxylic acids is 1. The molecular formula is C36H57F2N3O4. The van der Waals surface area contributed by atoms with E-state index >= 15 is 0 Å². The highest BCUT2D eigenvalue weighted by molar-refractivity contribution is 5.73. The van der Waals surface area contributed by atoms with Crippen LogP contribution in [0.1, 0.15) is 83.8 Å². The predicted molar refractivity (Wildman–Crippen MR) is 178 cm³/mol. The second-order valence-corrected chi connectivity index (χ2v) is 12.4. The van der Waals surface area contributed by atoms with Gasteiger partial charge in [0, 0.05) is 12.6 Å². The largest absolute Gasteiger partial charge is 0.480 e. The molecule has 1 saturated carbocycles. The van der Waals surface area contributed by atoms with Crippen molar-refractivity contribution in [3.05, 3.63) is 71.3 Å². The summed E-state index contributed by atoms with van der Waals surface area (Å²) < 4.78 is 30.7. The first-order valence-electron chi connectivity index (χ1n) is 16.4. The lowest BCUT2D eigenvalue weighted by molar-refractivity contribution is -0.140. The Balaban J connectivity index is 0.000000372. The van der Waals surface area contributed by atoms with E-state index in [9.17, 15) is 18.4 Å². The number of nitrogens with one attached hydrogen (secondary N) is 1. The molecule has 2 N–H and O–H groups in total. The summed E-state index contributed by atoms with van der Waals surface area (Å²) in [5.74, 6) is -0.00786. The molecule has 0 radical (unpaired) electrons. The maximum Gasteiger partial charge on any atom is 0.410 e. The Hall–Kier alpha value is -3.04. The van der Waals surface area contributed by atoms with Gasteiger partial charge in [0.15, 0.2) is 0 Å². The number of carbonyl (C=O) groups excluding carboxylic acids is 1. The molecule has 1 aliphatic heterocycles. The topological polar surface area (TPSA) is 82.1 Å². The van der Waals surface area contributed by atoms with Crippen LogP contribution in [0.4, 0.5) is 13.6 Å². The molecule has 0 spiro atoms. The van der Waals surface area contributed by atoms with Crippen LogP contribution in [-0.4, -0.2) is 72.8 Å². The summed E-state index contributed by atoms with van der Waals surface area (Å²) in [6.07, 6.45) is 8.57. The van der Waals surface area contributed by atoms with E-state index in [-0.39, 0.29) is 36.3 Å². The van der Waals surface area contributed by atoms with Crippen molar-refractivity contribution in [3.8, 4) is 0 Å². The van der Waals surface area contributed by atoms with Gasteiger partial charge in [0.2, 0.25) is 0 Å². The van der Waals surface area contributed by atoms with Gasteiger partial charge < -0.3 is 25.0 Å². The number of hydrogen-bond donors (Lipinski definition) is 2. The van der Waals surface area contributed by atoms with Gasteiger partial charge in [-0.05, 0) is 101 Å². The molecule has 2 aliphatic rings. The number of nitrogens with zero attached hydrogens (tertiary/aromatic N) is 2. The van der Waals surface area contributed by atoms with Gasteiger partial charge >= 0.3 is 12.1 Å². The Labute approximate surface area is 270 Å². The van der Waals surface area contributed by atoms with Crippen molar-refractivity contribution in [1.82, 2.24) is 15.1 Å². The Morgan fingerprint density at radius 3 is 2.02 bits per heavy atom. The minimum atomic E-state index is -0.785. The van der Waals surface area contributed by atoms with Gasteiger partial charge in [-0.1, -0.05) is 77.6 Å². The maximum absolute atomic E-state index is 13.3. The van der Waals surface area contributed by atoms with E-state index in [0.29, 0.717) is 5.56 Å². The first kappa shape index (κ1) is 40.0. The third-order valence-electron chi connectivity index (χ3n) is 8.03. The first-order valence-corrected chi connectivity index (χ1v) is 16.4. The van der Waals surface area contributed by atoms with Crippen LogP contribution in [-0.2, 0) is 16.1 Å². The lowest BCUT2D eigenvalue weighted by Crippen LogP contribution is -2.47. The number of halogens is 2. The number of benzene rings is 2. The van der Waals surface area contributed by atoms with Gasteiger partial charge in [-0.3, -0.25) is 4.79 Å². The van der Waals surface area contributed by atoms with Crippen LogP contribution in [0.5, 0.6) is 0 Å². The number of ether oxygens (including phenoxy) is 1. The number of likely N-dealkylation sites (N-methyl/N-ethyl adjacent to an activating group) is 1. The Morgan fingerprint density at radius 2 is 1.64 bits per heavy atom. The molecule has 1 unspecified atom stereocenters. The molecule has 254 valence electrons. The second kappa shape index (κ2) is 22.5. The van der Waals surface area contributed by atoms with Crippen LogP contribution in [0.2, 0.25) is 0 Å². The minimum Gasteiger partial charge on any atom is -0.480 e. The SMILES string of the molecule is CC1CCCC1.CCCN(C(=O)OCc1ccc(F)c(C)c1)C1CCN(C)CC1.CNC(C(=O)O)C(C)C.Fc1ccccc1. The van der Waals surface area contributed by atoms with Crippen molar-refractivity contribution < 1.29 is 28.2 Å².